The lowest BCUT2D eigenvalue weighted by Crippen LogP contribution is -2.33. The number of methoxy groups -OCH3 is 1. The van der Waals surface area contributed by atoms with Crippen LogP contribution in [0.4, 0.5) is 0 Å². The van der Waals surface area contributed by atoms with Gasteiger partial charge in [0.2, 0.25) is 0 Å². The monoisotopic (exact) mass is 262 g/mol. The zero-order chi connectivity index (χ0) is 13.5. The Morgan fingerprint density at radius 3 is 2.47 bits per heavy atom. The molecule has 1 fully saturated rings. The first-order chi connectivity index (χ1) is 9.31. The molecular formula is C15H22N2O2. The highest BCUT2D eigenvalue weighted by Crippen LogP contribution is 2.20. The van der Waals surface area contributed by atoms with Crippen molar-refractivity contribution in [2.75, 3.05) is 26.7 Å². The fourth-order valence-corrected chi connectivity index (χ4v) is 2.63. The van der Waals surface area contributed by atoms with E-state index in [9.17, 15) is 4.79 Å². The van der Waals surface area contributed by atoms with Gasteiger partial charge < -0.3 is 9.64 Å². The maximum atomic E-state index is 12.0. The van der Waals surface area contributed by atoms with Crippen LogP contribution in [-0.2, 0) is 9.53 Å². The van der Waals surface area contributed by atoms with Gasteiger partial charge in [-0.2, -0.15) is 0 Å². The molecular weight excluding hydrogens is 240 g/mol. The average Bonchev–Trinajstić information content (AvgIpc) is 2.73. The lowest BCUT2D eigenvalue weighted by Gasteiger charge is -2.24. The van der Waals surface area contributed by atoms with Gasteiger partial charge in [0.1, 0.15) is 0 Å². The number of pyridine rings is 1. The van der Waals surface area contributed by atoms with Gasteiger partial charge in [-0.3, -0.25) is 9.78 Å². The van der Waals surface area contributed by atoms with Crippen LogP contribution in [0.1, 0.15) is 37.2 Å². The normalized spacial score (nSPS) is 18.6. The minimum absolute atomic E-state index is 0.157. The van der Waals surface area contributed by atoms with Gasteiger partial charge in [0.25, 0.3) is 0 Å². The van der Waals surface area contributed by atoms with Crippen LogP contribution >= 0.6 is 0 Å². The van der Waals surface area contributed by atoms with Crippen LogP contribution in [0.25, 0.3) is 0 Å². The van der Waals surface area contributed by atoms with Crippen LogP contribution in [0.2, 0.25) is 0 Å². The third kappa shape index (κ3) is 4.03. The second kappa shape index (κ2) is 7.24. The summed E-state index contributed by atoms with van der Waals surface area (Å²) < 4.78 is 4.95. The first-order valence-electron chi connectivity index (χ1n) is 7.01. The van der Waals surface area contributed by atoms with Gasteiger partial charge in [-0.05, 0) is 43.6 Å². The Hall–Kier alpha value is -1.42. The van der Waals surface area contributed by atoms with E-state index in [1.807, 2.05) is 12.1 Å². The molecule has 0 bridgehead atoms. The van der Waals surface area contributed by atoms with Crippen molar-refractivity contribution in [1.82, 2.24) is 9.88 Å². The van der Waals surface area contributed by atoms with E-state index in [1.54, 1.807) is 12.4 Å². The number of rotatable bonds is 4. The molecule has 4 heteroatoms. The summed E-state index contributed by atoms with van der Waals surface area (Å²) in [5.41, 5.74) is 0.992. The second-order valence-corrected chi connectivity index (χ2v) is 5.07. The van der Waals surface area contributed by atoms with E-state index in [4.69, 9.17) is 4.74 Å². The van der Waals surface area contributed by atoms with Crippen molar-refractivity contribution in [3.8, 4) is 0 Å². The summed E-state index contributed by atoms with van der Waals surface area (Å²) in [7, 11) is 1.46. The molecule has 0 amide bonds. The summed E-state index contributed by atoms with van der Waals surface area (Å²) in [6.07, 6.45) is 8.51. The highest BCUT2D eigenvalue weighted by molar-refractivity contribution is 5.78. The van der Waals surface area contributed by atoms with Crippen LogP contribution in [0, 0.1) is 0 Å². The summed E-state index contributed by atoms with van der Waals surface area (Å²) in [6.45, 7) is 2.91. The smallest absolute Gasteiger partial charge is 0.314 e. The zero-order valence-corrected chi connectivity index (χ0v) is 11.5. The molecule has 19 heavy (non-hydrogen) atoms. The number of ether oxygens (including phenoxy) is 1. The lowest BCUT2D eigenvalue weighted by molar-refractivity contribution is -0.143. The minimum atomic E-state index is -0.203. The summed E-state index contributed by atoms with van der Waals surface area (Å²) in [5.74, 6) is -0.360. The number of aromatic nitrogens is 1. The van der Waals surface area contributed by atoms with Gasteiger partial charge in [0, 0.05) is 18.9 Å². The van der Waals surface area contributed by atoms with Crippen molar-refractivity contribution in [2.45, 2.75) is 31.6 Å². The van der Waals surface area contributed by atoms with Gasteiger partial charge >= 0.3 is 5.97 Å². The number of esters is 1. The number of carbonyl (C=O) groups is 1. The molecule has 0 spiro atoms. The van der Waals surface area contributed by atoms with Crippen LogP contribution in [-0.4, -0.2) is 42.6 Å². The van der Waals surface area contributed by atoms with Gasteiger partial charge in [-0.25, -0.2) is 0 Å². The van der Waals surface area contributed by atoms with Crippen LogP contribution in [0.15, 0.2) is 24.5 Å². The molecule has 1 aliphatic heterocycles. The molecule has 2 heterocycles. The molecule has 1 saturated heterocycles. The Morgan fingerprint density at radius 1 is 1.26 bits per heavy atom. The molecule has 0 radical (unpaired) electrons. The molecule has 0 saturated carbocycles. The van der Waals surface area contributed by atoms with Gasteiger partial charge in [0.05, 0.1) is 13.0 Å². The predicted molar refractivity (Wildman–Crippen MR) is 73.9 cm³/mol. The average molecular weight is 262 g/mol. The summed E-state index contributed by atoms with van der Waals surface area (Å²) >= 11 is 0. The van der Waals surface area contributed by atoms with Crippen LogP contribution in [0.3, 0.4) is 0 Å². The second-order valence-electron chi connectivity index (χ2n) is 5.07. The molecule has 0 N–H and O–H groups in total. The molecule has 1 atom stereocenters. The van der Waals surface area contributed by atoms with Crippen molar-refractivity contribution >= 4 is 5.97 Å². The molecule has 104 valence electrons. The molecule has 1 aliphatic rings. The Morgan fingerprint density at radius 2 is 1.89 bits per heavy atom. The number of carbonyl (C=O) groups excluding carboxylic acids is 1. The number of hydrogen-bond acceptors (Lipinski definition) is 4. The molecule has 0 aliphatic carbocycles. The lowest BCUT2D eigenvalue weighted by atomic mass is 9.99. The maximum absolute atomic E-state index is 12.0. The number of hydrogen-bond donors (Lipinski definition) is 0. The Labute approximate surface area is 114 Å². The Kier molecular flexibility index (Phi) is 5.33. The Balaban J connectivity index is 2.07. The van der Waals surface area contributed by atoms with Crippen molar-refractivity contribution in [3.63, 3.8) is 0 Å². The van der Waals surface area contributed by atoms with E-state index in [-0.39, 0.29) is 11.9 Å². The molecule has 2 rings (SSSR count). The van der Waals surface area contributed by atoms with E-state index >= 15 is 0 Å². The van der Waals surface area contributed by atoms with Gasteiger partial charge in [-0.1, -0.05) is 12.8 Å². The van der Waals surface area contributed by atoms with Gasteiger partial charge in [0.15, 0.2) is 0 Å². The van der Waals surface area contributed by atoms with Crippen LogP contribution < -0.4 is 0 Å². The minimum Gasteiger partial charge on any atom is -0.469 e. The number of nitrogens with zero attached hydrogens (tertiary/aromatic N) is 2. The molecule has 1 aromatic heterocycles. The van der Waals surface area contributed by atoms with Crippen molar-refractivity contribution in [3.05, 3.63) is 30.1 Å². The highest BCUT2D eigenvalue weighted by Gasteiger charge is 2.24. The van der Waals surface area contributed by atoms with E-state index in [2.05, 4.69) is 9.88 Å². The zero-order valence-electron chi connectivity index (χ0n) is 11.5. The van der Waals surface area contributed by atoms with E-state index in [0.717, 1.165) is 25.2 Å². The maximum Gasteiger partial charge on any atom is 0.314 e. The first kappa shape index (κ1) is 14.0. The third-order valence-electron chi connectivity index (χ3n) is 3.73. The van der Waals surface area contributed by atoms with Crippen molar-refractivity contribution in [2.24, 2.45) is 0 Å². The first-order valence-corrected chi connectivity index (χ1v) is 7.01. The topological polar surface area (TPSA) is 42.4 Å². The molecule has 1 aromatic rings. The fourth-order valence-electron chi connectivity index (χ4n) is 2.63. The number of likely N-dealkylation sites (tertiary alicyclic amines) is 1. The standard InChI is InChI=1S/C15H22N2O2/c1-19-15(18)14(13-6-8-16-9-7-13)12-17-10-4-2-3-5-11-17/h6-9,14H,2-5,10-12H2,1H3. The van der Waals surface area contributed by atoms with Gasteiger partial charge in [-0.15, -0.1) is 0 Å². The summed E-state index contributed by atoms with van der Waals surface area (Å²) in [5, 5.41) is 0. The SMILES string of the molecule is COC(=O)C(CN1CCCCCC1)c1ccncc1. The van der Waals surface area contributed by atoms with Crippen LogP contribution in [0.5, 0.6) is 0 Å². The predicted octanol–water partition coefficient (Wildman–Crippen LogP) is 2.21. The largest absolute Gasteiger partial charge is 0.469 e. The Bertz CT molecular complexity index is 386. The fraction of sp³-hybridized carbons (Fsp3) is 0.600. The van der Waals surface area contributed by atoms with Crippen molar-refractivity contribution in [1.29, 1.82) is 0 Å². The highest BCUT2D eigenvalue weighted by atomic mass is 16.5. The molecule has 4 nitrogen and oxygen atoms in total. The summed E-state index contributed by atoms with van der Waals surface area (Å²) in [6, 6.07) is 3.80. The molecule has 0 aromatic carbocycles. The third-order valence-corrected chi connectivity index (χ3v) is 3.73. The summed E-state index contributed by atoms with van der Waals surface area (Å²) in [4.78, 5) is 18.4. The van der Waals surface area contributed by atoms with Crippen molar-refractivity contribution < 1.29 is 9.53 Å². The van der Waals surface area contributed by atoms with E-state index in [1.165, 1.54) is 32.8 Å². The van der Waals surface area contributed by atoms with E-state index < -0.39 is 0 Å². The van der Waals surface area contributed by atoms with E-state index in [0.29, 0.717) is 0 Å². The molecule has 1 unspecified atom stereocenters. The quantitative estimate of drug-likeness (QED) is 0.780.